The number of nitrogens with one attached hydrogen (secondary N) is 1. The van der Waals surface area contributed by atoms with E-state index < -0.39 is 4.92 Å². The van der Waals surface area contributed by atoms with Gasteiger partial charge in [0.1, 0.15) is 0 Å². The zero-order valence-corrected chi connectivity index (χ0v) is 15.6. The Morgan fingerprint density at radius 2 is 1.85 bits per heavy atom. The summed E-state index contributed by atoms with van der Waals surface area (Å²) < 4.78 is 0. The van der Waals surface area contributed by atoms with Crippen molar-refractivity contribution in [1.82, 2.24) is 5.32 Å². The summed E-state index contributed by atoms with van der Waals surface area (Å²) in [5, 5.41) is 13.5. The molecule has 0 fully saturated rings. The van der Waals surface area contributed by atoms with Gasteiger partial charge in [-0.15, -0.1) is 11.8 Å². The molecule has 26 heavy (non-hydrogen) atoms. The number of nitro benzene ring substituents is 1. The molecule has 6 nitrogen and oxygen atoms in total. The minimum Gasteiger partial charge on any atom is -0.375 e. The van der Waals surface area contributed by atoms with Crippen LogP contribution in [-0.4, -0.2) is 36.7 Å². The number of rotatable bonds is 10. The molecule has 7 heteroatoms. The van der Waals surface area contributed by atoms with Crippen LogP contribution < -0.4 is 10.2 Å². The van der Waals surface area contributed by atoms with Crippen LogP contribution in [-0.2, 0) is 10.5 Å². The molecule has 1 N–H and O–H groups in total. The maximum Gasteiger partial charge on any atom is 0.269 e. The van der Waals surface area contributed by atoms with E-state index >= 15 is 0 Å². The lowest BCUT2D eigenvalue weighted by molar-refractivity contribution is -0.384. The Labute approximate surface area is 157 Å². The number of non-ortho nitro benzene ring substituents is 1. The van der Waals surface area contributed by atoms with E-state index in [0.717, 1.165) is 24.2 Å². The smallest absolute Gasteiger partial charge is 0.269 e. The molecular weight excluding hydrogens is 350 g/mol. The van der Waals surface area contributed by atoms with Crippen molar-refractivity contribution in [2.24, 2.45) is 0 Å². The Hall–Kier alpha value is -2.54. The number of nitrogens with zero attached hydrogens (tertiary/aromatic N) is 2. The van der Waals surface area contributed by atoms with Crippen LogP contribution in [0.15, 0.2) is 54.6 Å². The number of thioether (sulfide) groups is 1. The first-order chi connectivity index (χ1) is 12.6. The molecule has 0 saturated carbocycles. The van der Waals surface area contributed by atoms with Crippen molar-refractivity contribution in [3.05, 3.63) is 70.3 Å². The van der Waals surface area contributed by atoms with E-state index in [-0.39, 0.29) is 11.6 Å². The molecule has 2 aromatic rings. The van der Waals surface area contributed by atoms with Crippen LogP contribution >= 0.6 is 11.8 Å². The van der Waals surface area contributed by atoms with Crippen molar-refractivity contribution < 1.29 is 9.72 Å². The van der Waals surface area contributed by atoms with Gasteiger partial charge in [0.05, 0.1) is 10.7 Å². The zero-order valence-electron chi connectivity index (χ0n) is 14.8. The van der Waals surface area contributed by atoms with E-state index in [1.54, 1.807) is 12.1 Å². The second-order valence-electron chi connectivity index (χ2n) is 5.88. The third-order valence-corrected chi connectivity index (χ3v) is 4.84. The average Bonchev–Trinajstić information content (AvgIpc) is 2.66. The van der Waals surface area contributed by atoms with E-state index in [9.17, 15) is 14.9 Å². The van der Waals surface area contributed by atoms with Crippen molar-refractivity contribution >= 4 is 29.0 Å². The largest absolute Gasteiger partial charge is 0.375 e. The summed E-state index contributed by atoms with van der Waals surface area (Å²) >= 11 is 1.50. The van der Waals surface area contributed by atoms with Crippen LogP contribution in [0, 0.1) is 10.1 Å². The highest BCUT2D eigenvalue weighted by Crippen LogP contribution is 2.16. The van der Waals surface area contributed by atoms with Crippen molar-refractivity contribution in [3.63, 3.8) is 0 Å². The maximum absolute atomic E-state index is 11.9. The number of amides is 1. The summed E-state index contributed by atoms with van der Waals surface area (Å²) in [6, 6.07) is 16.6. The van der Waals surface area contributed by atoms with Crippen LogP contribution in [0.2, 0.25) is 0 Å². The van der Waals surface area contributed by atoms with Crippen molar-refractivity contribution in [1.29, 1.82) is 0 Å². The number of anilines is 1. The van der Waals surface area contributed by atoms with Gasteiger partial charge in [0.15, 0.2) is 0 Å². The fourth-order valence-electron chi connectivity index (χ4n) is 2.38. The molecule has 0 unspecified atom stereocenters. The Morgan fingerprint density at radius 1 is 1.15 bits per heavy atom. The molecule has 0 aliphatic rings. The van der Waals surface area contributed by atoms with Gasteiger partial charge in [-0.2, -0.15) is 0 Å². The number of hydrogen-bond acceptors (Lipinski definition) is 5. The van der Waals surface area contributed by atoms with E-state index in [0.29, 0.717) is 18.1 Å². The van der Waals surface area contributed by atoms with Gasteiger partial charge in [0.25, 0.3) is 5.69 Å². The van der Waals surface area contributed by atoms with Crippen LogP contribution in [0.3, 0.4) is 0 Å². The van der Waals surface area contributed by atoms with Gasteiger partial charge in [-0.3, -0.25) is 14.9 Å². The minimum absolute atomic E-state index is 0.0132. The van der Waals surface area contributed by atoms with Crippen molar-refractivity contribution in [3.8, 4) is 0 Å². The normalized spacial score (nSPS) is 10.3. The third kappa shape index (κ3) is 6.76. The van der Waals surface area contributed by atoms with Gasteiger partial charge in [-0.05, 0) is 24.1 Å². The van der Waals surface area contributed by atoms with Crippen molar-refractivity contribution in [2.75, 3.05) is 30.8 Å². The molecule has 1 amide bonds. The lowest BCUT2D eigenvalue weighted by Gasteiger charge is -2.19. The number of carbonyl (C=O) groups excluding carboxylic acids is 1. The van der Waals surface area contributed by atoms with Crippen LogP contribution in [0.5, 0.6) is 0 Å². The molecule has 0 aliphatic carbocycles. The molecule has 0 aromatic heterocycles. The molecule has 0 atom stereocenters. The van der Waals surface area contributed by atoms with Crippen LogP contribution in [0.1, 0.15) is 12.0 Å². The second-order valence-corrected chi connectivity index (χ2v) is 6.86. The van der Waals surface area contributed by atoms with E-state index in [1.807, 2.05) is 25.2 Å². The fourth-order valence-corrected chi connectivity index (χ4v) is 3.20. The third-order valence-electron chi connectivity index (χ3n) is 3.84. The fraction of sp³-hybridized carbons (Fsp3) is 0.316. The number of carbonyl (C=O) groups is 1. The lowest BCUT2D eigenvalue weighted by Crippen LogP contribution is -2.29. The molecule has 138 valence electrons. The van der Waals surface area contributed by atoms with Gasteiger partial charge in [0.2, 0.25) is 5.91 Å². The van der Waals surface area contributed by atoms with E-state index in [1.165, 1.54) is 23.9 Å². The lowest BCUT2D eigenvalue weighted by atomic mass is 10.2. The SMILES string of the molecule is CN(CCCNC(=O)CSCc1ccc([N+](=O)[O-])cc1)c1ccccc1. The van der Waals surface area contributed by atoms with Crippen LogP contribution in [0.4, 0.5) is 11.4 Å². The molecule has 0 heterocycles. The summed E-state index contributed by atoms with van der Waals surface area (Å²) in [6.07, 6.45) is 0.879. The molecule has 0 spiro atoms. The van der Waals surface area contributed by atoms with Crippen molar-refractivity contribution in [2.45, 2.75) is 12.2 Å². The predicted molar refractivity (Wildman–Crippen MR) is 107 cm³/mol. The molecule has 0 saturated heterocycles. The zero-order chi connectivity index (χ0) is 18.8. The first kappa shape index (κ1) is 19.8. The Balaban J connectivity index is 1.58. The highest BCUT2D eigenvalue weighted by molar-refractivity contribution is 7.99. The Bertz CT molecular complexity index is 708. The molecule has 2 rings (SSSR count). The predicted octanol–water partition coefficient (Wildman–Crippen LogP) is 3.47. The minimum atomic E-state index is -0.417. The van der Waals surface area contributed by atoms with Gasteiger partial charge >= 0.3 is 0 Å². The standard InChI is InChI=1S/C19H23N3O3S/c1-21(17-6-3-2-4-7-17)13-5-12-20-19(23)15-26-14-16-8-10-18(11-9-16)22(24)25/h2-4,6-11H,5,12-15H2,1H3,(H,20,23). The Kier molecular flexibility index (Phi) is 7.95. The van der Waals surface area contributed by atoms with Gasteiger partial charge in [-0.25, -0.2) is 0 Å². The first-order valence-corrected chi connectivity index (χ1v) is 9.55. The number of para-hydroxylation sites is 1. The summed E-state index contributed by atoms with van der Waals surface area (Å²) in [7, 11) is 2.04. The molecule has 2 aromatic carbocycles. The van der Waals surface area contributed by atoms with Gasteiger partial charge < -0.3 is 10.2 Å². The summed E-state index contributed by atoms with van der Waals surface area (Å²) in [6.45, 7) is 1.52. The molecule has 0 aliphatic heterocycles. The number of hydrogen-bond donors (Lipinski definition) is 1. The second kappa shape index (κ2) is 10.5. The highest BCUT2D eigenvalue weighted by Gasteiger charge is 2.06. The average molecular weight is 373 g/mol. The van der Waals surface area contributed by atoms with E-state index in [4.69, 9.17) is 0 Å². The summed E-state index contributed by atoms with van der Waals surface area (Å²) in [5.41, 5.74) is 2.22. The first-order valence-electron chi connectivity index (χ1n) is 8.40. The van der Waals surface area contributed by atoms with Crippen LogP contribution in [0.25, 0.3) is 0 Å². The quantitative estimate of drug-likeness (QED) is 0.392. The summed E-state index contributed by atoms with van der Waals surface area (Å²) in [4.78, 5) is 24.2. The topological polar surface area (TPSA) is 75.5 Å². The summed E-state index contributed by atoms with van der Waals surface area (Å²) in [5.74, 6) is 1.05. The maximum atomic E-state index is 11.9. The molecular formula is C19H23N3O3S. The number of benzene rings is 2. The Morgan fingerprint density at radius 3 is 2.50 bits per heavy atom. The number of nitro groups is 1. The van der Waals surface area contributed by atoms with Gasteiger partial charge in [0, 0.05) is 43.7 Å². The molecule has 0 radical (unpaired) electrons. The van der Waals surface area contributed by atoms with Gasteiger partial charge in [-0.1, -0.05) is 30.3 Å². The monoisotopic (exact) mass is 373 g/mol. The molecule has 0 bridgehead atoms. The van der Waals surface area contributed by atoms with E-state index in [2.05, 4.69) is 22.3 Å². The highest BCUT2D eigenvalue weighted by atomic mass is 32.2.